The van der Waals surface area contributed by atoms with Gasteiger partial charge in [-0.1, -0.05) is 23.7 Å². The van der Waals surface area contributed by atoms with Crippen molar-refractivity contribution in [1.82, 2.24) is 0 Å². The standard InChI is InChI=1S/C13H11ClOS/c1-16-13-4-2-9(3-5-13)10-6-11(14)8-12(15)7-10/h2-8,15H,1H3. The maximum atomic E-state index is 9.47. The molecule has 2 rings (SSSR count). The molecular formula is C13H11ClOS. The molecule has 0 radical (unpaired) electrons. The van der Waals surface area contributed by atoms with Crippen LogP contribution in [0.25, 0.3) is 11.1 Å². The van der Waals surface area contributed by atoms with Crippen LogP contribution in [0.3, 0.4) is 0 Å². The third kappa shape index (κ3) is 2.52. The highest BCUT2D eigenvalue weighted by molar-refractivity contribution is 7.98. The molecule has 82 valence electrons. The number of hydrogen-bond donors (Lipinski definition) is 1. The lowest BCUT2D eigenvalue weighted by Gasteiger charge is -2.04. The van der Waals surface area contributed by atoms with Crippen LogP contribution >= 0.6 is 23.4 Å². The van der Waals surface area contributed by atoms with Crippen LogP contribution in [-0.4, -0.2) is 11.4 Å². The van der Waals surface area contributed by atoms with Gasteiger partial charge in [-0.2, -0.15) is 0 Å². The lowest BCUT2D eigenvalue weighted by atomic mass is 10.1. The fraction of sp³-hybridized carbons (Fsp3) is 0.0769. The predicted molar refractivity (Wildman–Crippen MR) is 70.3 cm³/mol. The molecule has 0 spiro atoms. The molecule has 0 fully saturated rings. The van der Waals surface area contributed by atoms with Gasteiger partial charge in [0.2, 0.25) is 0 Å². The Kier molecular flexibility index (Phi) is 3.42. The van der Waals surface area contributed by atoms with Crippen LogP contribution in [0.2, 0.25) is 5.02 Å². The first-order valence-electron chi connectivity index (χ1n) is 4.83. The molecule has 0 bridgehead atoms. The number of benzene rings is 2. The fourth-order valence-electron chi connectivity index (χ4n) is 1.52. The van der Waals surface area contributed by atoms with E-state index in [-0.39, 0.29) is 5.75 Å². The van der Waals surface area contributed by atoms with Gasteiger partial charge >= 0.3 is 0 Å². The zero-order chi connectivity index (χ0) is 11.5. The third-order valence-corrected chi connectivity index (χ3v) is 3.27. The van der Waals surface area contributed by atoms with Crippen molar-refractivity contribution < 1.29 is 5.11 Å². The van der Waals surface area contributed by atoms with Gasteiger partial charge in [-0.05, 0) is 47.7 Å². The van der Waals surface area contributed by atoms with Crippen molar-refractivity contribution in [3.8, 4) is 16.9 Å². The van der Waals surface area contributed by atoms with Crippen LogP contribution in [0.4, 0.5) is 0 Å². The quantitative estimate of drug-likeness (QED) is 0.796. The minimum absolute atomic E-state index is 0.191. The lowest BCUT2D eigenvalue weighted by molar-refractivity contribution is 0.475. The van der Waals surface area contributed by atoms with Gasteiger partial charge in [0.15, 0.2) is 0 Å². The molecule has 0 amide bonds. The molecule has 0 aromatic heterocycles. The molecule has 0 aliphatic heterocycles. The first-order chi connectivity index (χ1) is 7.69. The summed E-state index contributed by atoms with van der Waals surface area (Å²) in [6.07, 6.45) is 2.04. The van der Waals surface area contributed by atoms with E-state index < -0.39 is 0 Å². The topological polar surface area (TPSA) is 20.2 Å². The molecular weight excluding hydrogens is 240 g/mol. The number of hydrogen-bond acceptors (Lipinski definition) is 2. The van der Waals surface area contributed by atoms with E-state index in [1.54, 1.807) is 17.8 Å². The number of phenolic OH excluding ortho intramolecular Hbond substituents is 1. The molecule has 1 N–H and O–H groups in total. The van der Waals surface area contributed by atoms with Gasteiger partial charge < -0.3 is 5.11 Å². The number of rotatable bonds is 2. The van der Waals surface area contributed by atoms with Crippen LogP contribution < -0.4 is 0 Å². The monoisotopic (exact) mass is 250 g/mol. The second-order valence-electron chi connectivity index (χ2n) is 3.43. The molecule has 1 nitrogen and oxygen atoms in total. The summed E-state index contributed by atoms with van der Waals surface area (Å²) in [5.41, 5.74) is 1.98. The van der Waals surface area contributed by atoms with Crippen molar-refractivity contribution in [2.75, 3.05) is 6.26 Å². The zero-order valence-electron chi connectivity index (χ0n) is 8.77. The average molecular weight is 251 g/mol. The fourth-order valence-corrected chi connectivity index (χ4v) is 2.16. The SMILES string of the molecule is CSc1ccc(-c2cc(O)cc(Cl)c2)cc1. The smallest absolute Gasteiger partial charge is 0.117 e. The van der Waals surface area contributed by atoms with Crippen molar-refractivity contribution in [3.63, 3.8) is 0 Å². The van der Waals surface area contributed by atoms with Gasteiger partial charge in [0.25, 0.3) is 0 Å². The molecule has 0 unspecified atom stereocenters. The van der Waals surface area contributed by atoms with Gasteiger partial charge in [-0.3, -0.25) is 0 Å². The van der Waals surface area contributed by atoms with E-state index in [9.17, 15) is 5.11 Å². The summed E-state index contributed by atoms with van der Waals surface area (Å²) < 4.78 is 0. The van der Waals surface area contributed by atoms with Gasteiger partial charge in [-0.25, -0.2) is 0 Å². The van der Waals surface area contributed by atoms with Crippen LogP contribution in [0.15, 0.2) is 47.4 Å². The molecule has 0 aliphatic carbocycles. The summed E-state index contributed by atoms with van der Waals surface area (Å²) >= 11 is 7.60. The summed E-state index contributed by atoms with van der Waals surface area (Å²) in [5, 5.41) is 10.0. The molecule has 3 heteroatoms. The largest absolute Gasteiger partial charge is 0.508 e. The minimum Gasteiger partial charge on any atom is -0.508 e. The van der Waals surface area contributed by atoms with Crippen molar-refractivity contribution in [2.24, 2.45) is 0 Å². The molecule has 16 heavy (non-hydrogen) atoms. The molecule has 0 atom stereocenters. The van der Waals surface area contributed by atoms with Crippen LogP contribution in [0.1, 0.15) is 0 Å². The Balaban J connectivity index is 2.42. The van der Waals surface area contributed by atoms with Crippen molar-refractivity contribution in [3.05, 3.63) is 47.5 Å². The van der Waals surface area contributed by atoms with E-state index in [1.165, 1.54) is 11.0 Å². The number of thioether (sulfide) groups is 1. The predicted octanol–water partition coefficient (Wildman–Crippen LogP) is 4.43. The Morgan fingerprint density at radius 2 is 1.69 bits per heavy atom. The minimum atomic E-state index is 0.191. The Hall–Kier alpha value is -1.12. The van der Waals surface area contributed by atoms with Crippen molar-refractivity contribution in [2.45, 2.75) is 4.90 Å². The van der Waals surface area contributed by atoms with Crippen molar-refractivity contribution >= 4 is 23.4 Å². The first kappa shape index (κ1) is 11.4. The zero-order valence-corrected chi connectivity index (χ0v) is 10.3. The molecule has 2 aromatic rings. The van der Waals surface area contributed by atoms with E-state index in [2.05, 4.69) is 12.1 Å². The van der Waals surface area contributed by atoms with E-state index in [0.717, 1.165) is 11.1 Å². The Morgan fingerprint density at radius 3 is 2.25 bits per heavy atom. The van der Waals surface area contributed by atoms with Gasteiger partial charge in [0.05, 0.1) is 0 Å². The van der Waals surface area contributed by atoms with E-state index in [4.69, 9.17) is 11.6 Å². The summed E-state index contributed by atoms with van der Waals surface area (Å²) in [6, 6.07) is 13.2. The average Bonchev–Trinajstić information content (AvgIpc) is 2.28. The maximum Gasteiger partial charge on any atom is 0.117 e. The number of phenols is 1. The third-order valence-electron chi connectivity index (χ3n) is 2.31. The highest BCUT2D eigenvalue weighted by Gasteiger charge is 2.01. The summed E-state index contributed by atoms with van der Waals surface area (Å²) in [6.45, 7) is 0. The Labute approximate surface area is 104 Å². The van der Waals surface area contributed by atoms with E-state index in [0.29, 0.717) is 5.02 Å². The van der Waals surface area contributed by atoms with Gasteiger partial charge in [0, 0.05) is 9.92 Å². The number of halogens is 1. The second-order valence-corrected chi connectivity index (χ2v) is 4.74. The van der Waals surface area contributed by atoms with Crippen molar-refractivity contribution in [1.29, 1.82) is 0 Å². The molecule has 0 saturated heterocycles. The second kappa shape index (κ2) is 4.81. The molecule has 0 heterocycles. The Morgan fingerprint density at radius 1 is 1.00 bits per heavy atom. The van der Waals surface area contributed by atoms with Crippen LogP contribution in [-0.2, 0) is 0 Å². The summed E-state index contributed by atoms with van der Waals surface area (Å²) in [7, 11) is 0. The van der Waals surface area contributed by atoms with E-state index in [1.807, 2.05) is 24.5 Å². The molecule has 0 aliphatic rings. The number of aromatic hydroxyl groups is 1. The normalized spacial score (nSPS) is 10.4. The maximum absolute atomic E-state index is 9.47. The highest BCUT2D eigenvalue weighted by Crippen LogP contribution is 2.28. The van der Waals surface area contributed by atoms with E-state index >= 15 is 0 Å². The first-order valence-corrected chi connectivity index (χ1v) is 6.43. The lowest BCUT2D eigenvalue weighted by Crippen LogP contribution is -1.78. The summed E-state index contributed by atoms with van der Waals surface area (Å²) in [5.74, 6) is 0.191. The van der Waals surface area contributed by atoms with Gasteiger partial charge in [0.1, 0.15) is 5.75 Å². The summed E-state index contributed by atoms with van der Waals surface area (Å²) in [4.78, 5) is 1.22. The van der Waals surface area contributed by atoms with Crippen LogP contribution in [0, 0.1) is 0 Å². The highest BCUT2D eigenvalue weighted by atomic mass is 35.5. The molecule has 2 aromatic carbocycles. The molecule has 0 saturated carbocycles. The van der Waals surface area contributed by atoms with Gasteiger partial charge in [-0.15, -0.1) is 11.8 Å². The Bertz CT molecular complexity index is 474. The van der Waals surface area contributed by atoms with Crippen LogP contribution in [0.5, 0.6) is 5.75 Å².